The molecule has 3 aromatic rings. The quantitative estimate of drug-likeness (QED) is 0.590. The van der Waals surface area contributed by atoms with Crippen molar-refractivity contribution in [3.05, 3.63) is 65.1 Å². The normalized spacial score (nSPS) is 22.8. The van der Waals surface area contributed by atoms with E-state index >= 15 is 0 Å². The number of rotatable bonds is 5. The smallest absolute Gasteiger partial charge is 0.252 e. The van der Waals surface area contributed by atoms with Gasteiger partial charge in [0.25, 0.3) is 5.91 Å². The summed E-state index contributed by atoms with van der Waals surface area (Å²) in [6.07, 6.45) is 4.50. The highest BCUT2D eigenvalue weighted by atomic mass is 16.5. The molecule has 3 unspecified atom stereocenters. The fourth-order valence-electron chi connectivity index (χ4n) is 5.64. The average molecular weight is 485 g/mol. The fraction of sp³-hybridized carbons (Fsp3) is 0.429. The lowest BCUT2D eigenvalue weighted by Crippen LogP contribution is -2.48. The van der Waals surface area contributed by atoms with Gasteiger partial charge in [-0.15, -0.1) is 0 Å². The highest BCUT2D eigenvalue weighted by molar-refractivity contribution is 6.00. The number of carbonyl (C=O) groups excluding carboxylic acids is 1. The molecule has 1 saturated heterocycles. The minimum absolute atomic E-state index is 0.0445. The Balaban J connectivity index is 1.48. The van der Waals surface area contributed by atoms with E-state index in [1.165, 1.54) is 0 Å². The number of benzene rings is 1. The molecule has 2 N–H and O–H groups in total. The van der Waals surface area contributed by atoms with E-state index in [1.807, 2.05) is 50.2 Å². The molecule has 1 aliphatic heterocycles. The largest absolute Gasteiger partial charge is 0.379 e. The van der Waals surface area contributed by atoms with Gasteiger partial charge in [-0.05, 0) is 57.4 Å². The lowest BCUT2D eigenvalue weighted by molar-refractivity contribution is 0.0000684. The molecule has 186 valence electrons. The van der Waals surface area contributed by atoms with Crippen LogP contribution < -0.4 is 5.73 Å². The number of pyridine rings is 1. The first-order valence-corrected chi connectivity index (χ1v) is 12.6. The van der Waals surface area contributed by atoms with Crippen LogP contribution >= 0.6 is 0 Å². The second-order valence-electron chi connectivity index (χ2n) is 9.85. The van der Waals surface area contributed by atoms with Crippen molar-refractivity contribution < 1.29 is 9.53 Å². The van der Waals surface area contributed by atoms with Gasteiger partial charge in [0.2, 0.25) is 0 Å². The van der Waals surface area contributed by atoms with Crippen molar-refractivity contribution in [1.82, 2.24) is 19.7 Å². The number of primary amides is 1. The number of hydrogen-bond acceptors (Lipinski definition) is 6. The first-order chi connectivity index (χ1) is 17.5. The van der Waals surface area contributed by atoms with Gasteiger partial charge in [-0.3, -0.25) is 14.7 Å². The molecule has 0 radical (unpaired) electrons. The molecule has 3 heterocycles. The first kappa shape index (κ1) is 24.2. The second kappa shape index (κ2) is 10.2. The summed E-state index contributed by atoms with van der Waals surface area (Å²) in [5.41, 5.74) is 11.2. The lowest BCUT2D eigenvalue weighted by atomic mass is 9.76. The van der Waals surface area contributed by atoms with Crippen molar-refractivity contribution in [3.63, 3.8) is 0 Å². The van der Waals surface area contributed by atoms with Gasteiger partial charge >= 0.3 is 0 Å². The molecule has 1 amide bonds. The van der Waals surface area contributed by atoms with Crippen LogP contribution in [-0.4, -0.2) is 57.9 Å². The summed E-state index contributed by atoms with van der Waals surface area (Å²) in [4.78, 5) is 19.8. The lowest BCUT2D eigenvalue weighted by Gasteiger charge is -2.42. The Kier molecular flexibility index (Phi) is 6.86. The van der Waals surface area contributed by atoms with Gasteiger partial charge < -0.3 is 10.5 Å². The number of amides is 1. The van der Waals surface area contributed by atoms with E-state index in [2.05, 4.69) is 11.0 Å². The van der Waals surface area contributed by atoms with Crippen molar-refractivity contribution in [3.8, 4) is 23.0 Å². The van der Waals surface area contributed by atoms with Crippen LogP contribution in [0.3, 0.4) is 0 Å². The molecule has 0 bridgehead atoms. The van der Waals surface area contributed by atoms with Gasteiger partial charge in [0.15, 0.2) is 0 Å². The molecule has 2 aliphatic rings. The summed E-state index contributed by atoms with van der Waals surface area (Å²) in [6.45, 7) is 7.20. The van der Waals surface area contributed by atoms with Crippen molar-refractivity contribution in [1.29, 1.82) is 5.26 Å². The van der Waals surface area contributed by atoms with Gasteiger partial charge in [0, 0.05) is 48.4 Å². The third kappa shape index (κ3) is 4.64. The van der Waals surface area contributed by atoms with Crippen LogP contribution in [0, 0.1) is 31.1 Å². The molecular formula is C28H32N6O2. The SMILES string of the molecule is Cc1ccc(-n2nc(-c3ccc(C4CC(C#N)CCC4N4CCOCC4)nc3)c(C(N)=O)c2C)cc1. The van der Waals surface area contributed by atoms with Gasteiger partial charge in [0.05, 0.1) is 36.2 Å². The maximum absolute atomic E-state index is 12.4. The van der Waals surface area contributed by atoms with Crippen molar-refractivity contribution in [2.24, 2.45) is 11.7 Å². The van der Waals surface area contributed by atoms with E-state index in [1.54, 1.807) is 10.9 Å². The molecule has 8 nitrogen and oxygen atoms in total. The third-order valence-corrected chi connectivity index (χ3v) is 7.59. The molecule has 0 spiro atoms. The number of carbonyl (C=O) groups is 1. The fourth-order valence-corrected chi connectivity index (χ4v) is 5.64. The predicted octanol–water partition coefficient (Wildman–Crippen LogP) is 3.76. The minimum Gasteiger partial charge on any atom is -0.379 e. The Morgan fingerprint density at radius 1 is 1.11 bits per heavy atom. The zero-order valence-corrected chi connectivity index (χ0v) is 20.9. The van der Waals surface area contributed by atoms with Crippen LogP contribution in [0.25, 0.3) is 16.9 Å². The van der Waals surface area contributed by atoms with Crippen LogP contribution in [0.5, 0.6) is 0 Å². The van der Waals surface area contributed by atoms with Gasteiger partial charge in [-0.2, -0.15) is 10.4 Å². The van der Waals surface area contributed by atoms with E-state index in [0.29, 0.717) is 23.0 Å². The molecule has 8 heteroatoms. The molecule has 1 aliphatic carbocycles. The number of aromatic nitrogens is 3. The molecule has 3 atom stereocenters. The van der Waals surface area contributed by atoms with E-state index in [4.69, 9.17) is 20.6 Å². The molecule has 36 heavy (non-hydrogen) atoms. The summed E-state index contributed by atoms with van der Waals surface area (Å²) in [5, 5.41) is 14.4. The zero-order valence-electron chi connectivity index (χ0n) is 20.9. The maximum atomic E-state index is 12.4. The summed E-state index contributed by atoms with van der Waals surface area (Å²) >= 11 is 0. The Bertz CT molecular complexity index is 1270. The van der Waals surface area contributed by atoms with Crippen LogP contribution in [0.15, 0.2) is 42.6 Å². The number of nitrogens with zero attached hydrogens (tertiary/aromatic N) is 5. The first-order valence-electron chi connectivity index (χ1n) is 12.6. The van der Waals surface area contributed by atoms with Gasteiger partial charge in [-0.25, -0.2) is 4.68 Å². The van der Waals surface area contributed by atoms with Crippen molar-refractivity contribution >= 4 is 5.91 Å². The van der Waals surface area contributed by atoms with Crippen LogP contribution in [-0.2, 0) is 4.74 Å². The molecule has 1 saturated carbocycles. The predicted molar refractivity (Wildman–Crippen MR) is 137 cm³/mol. The Morgan fingerprint density at radius 2 is 1.86 bits per heavy atom. The Labute approximate surface area is 211 Å². The Morgan fingerprint density at radius 3 is 2.50 bits per heavy atom. The van der Waals surface area contributed by atoms with E-state index in [0.717, 1.165) is 68.1 Å². The number of aryl methyl sites for hydroxylation is 1. The number of ether oxygens (including phenoxy) is 1. The number of morpholine rings is 1. The third-order valence-electron chi connectivity index (χ3n) is 7.59. The van der Waals surface area contributed by atoms with Crippen LogP contribution in [0.2, 0.25) is 0 Å². The second-order valence-corrected chi connectivity index (χ2v) is 9.85. The van der Waals surface area contributed by atoms with Crippen LogP contribution in [0.4, 0.5) is 0 Å². The summed E-state index contributed by atoms with van der Waals surface area (Å²) < 4.78 is 7.32. The van der Waals surface area contributed by atoms with E-state index in [9.17, 15) is 10.1 Å². The molecular weight excluding hydrogens is 452 g/mol. The standard InChI is InChI=1S/C28H32N6O2/c1-18-3-7-22(8-4-18)34-19(2)26(28(30)35)27(32-34)21-6-9-24(31-17-21)23-15-20(16-29)5-10-25(23)33-11-13-36-14-12-33/h3-4,6-9,17,20,23,25H,5,10-15H2,1-2H3,(H2,30,35). The van der Waals surface area contributed by atoms with Crippen LogP contribution in [0.1, 0.15) is 52.5 Å². The highest BCUT2D eigenvalue weighted by Crippen LogP contribution is 2.39. The Hall–Kier alpha value is -3.54. The topological polar surface area (TPSA) is 110 Å². The monoisotopic (exact) mass is 484 g/mol. The summed E-state index contributed by atoms with van der Waals surface area (Å²) in [7, 11) is 0. The molecule has 2 fully saturated rings. The van der Waals surface area contributed by atoms with Gasteiger partial charge in [0.1, 0.15) is 5.69 Å². The minimum atomic E-state index is -0.513. The summed E-state index contributed by atoms with van der Waals surface area (Å²) in [5.74, 6) is -0.289. The molecule has 5 rings (SSSR count). The molecule has 1 aromatic carbocycles. The van der Waals surface area contributed by atoms with Crippen molar-refractivity contribution in [2.45, 2.75) is 45.1 Å². The van der Waals surface area contributed by atoms with E-state index < -0.39 is 5.91 Å². The zero-order chi connectivity index (χ0) is 25.2. The van der Waals surface area contributed by atoms with Gasteiger partial charge in [-0.1, -0.05) is 17.7 Å². The number of nitriles is 1. The number of hydrogen-bond donors (Lipinski definition) is 1. The summed E-state index contributed by atoms with van der Waals surface area (Å²) in [6, 6.07) is 14.8. The average Bonchev–Trinajstić information content (AvgIpc) is 3.26. The highest BCUT2D eigenvalue weighted by Gasteiger charge is 2.36. The van der Waals surface area contributed by atoms with E-state index in [-0.39, 0.29) is 11.8 Å². The molecule has 2 aromatic heterocycles. The maximum Gasteiger partial charge on any atom is 0.252 e. The van der Waals surface area contributed by atoms with Crippen molar-refractivity contribution in [2.75, 3.05) is 26.3 Å². The number of nitrogens with two attached hydrogens (primary N) is 1.